The summed E-state index contributed by atoms with van der Waals surface area (Å²) in [4.78, 5) is 14.5. The molecule has 1 saturated heterocycles. The van der Waals surface area contributed by atoms with Gasteiger partial charge in [-0.25, -0.2) is 0 Å². The van der Waals surface area contributed by atoms with Crippen molar-refractivity contribution in [3.63, 3.8) is 0 Å². The molecule has 20 heavy (non-hydrogen) atoms. The van der Waals surface area contributed by atoms with Crippen LogP contribution in [0, 0.1) is 0 Å². The molecule has 1 aliphatic rings. The second kappa shape index (κ2) is 7.55. The highest BCUT2D eigenvalue weighted by molar-refractivity contribution is 6.29. The van der Waals surface area contributed by atoms with Crippen LogP contribution in [0.5, 0.6) is 0 Å². The minimum Gasteiger partial charge on any atom is -0.348 e. The van der Waals surface area contributed by atoms with Gasteiger partial charge in [-0.2, -0.15) is 0 Å². The number of likely N-dealkylation sites (tertiary alicyclic amines) is 1. The Morgan fingerprint density at radius 1 is 1.40 bits per heavy atom. The van der Waals surface area contributed by atoms with Crippen LogP contribution in [0.4, 0.5) is 0 Å². The van der Waals surface area contributed by atoms with Crippen LogP contribution in [0.3, 0.4) is 0 Å². The minimum absolute atomic E-state index is 0.166. The van der Waals surface area contributed by atoms with E-state index in [0.29, 0.717) is 10.8 Å². The van der Waals surface area contributed by atoms with Crippen LogP contribution in [0.1, 0.15) is 43.1 Å². The van der Waals surface area contributed by atoms with Crippen LogP contribution < -0.4 is 5.32 Å². The van der Waals surface area contributed by atoms with Gasteiger partial charge in [-0.3, -0.25) is 4.79 Å². The third-order valence-corrected chi connectivity index (χ3v) is 3.82. The van der Waals surface area contributed by atoms with E-state index in [-0.39, 0.29) is 11.9 Å². The molecule has 2 heterocycles. The molecule has 6 heteroatoms. The van der Waals surface area contributed by atoms with Crippen molar-refractivity contribution in [2.24, 2.45) is 0 Å². The van der Waals surface area contributed by atoms with Gasteiger partial charge in [0.15, 0.2) is 10.8 Å². The number of amides is 1. The van der Waals surface area contributed by atoms with Crippen LogP contribution in [-0.4, -0.2) is 46.7 Å². The highest BCUT2D eigenvalue weighted by Crippen LogP contribution is 2.12. The Morgan fingerprint density at radius 2 is 2.15 bits per heavy atom. The fourth-order valence-electron chi connectivity index (χ4n) is 2.38. The molecule has 0 unspecified atom stereocenters. The van der Waals surface area contributed by atoms with Gasteiger partial charge in [0.2, 0.25) is 0 Å². The highest BCUT2D eigenvalue weighted by atomic mass is 35.5. The molecule has 0 atom stereocenters. The first-order valence-electron chi connectivity index (χ1n) is 7.21. The van der Waals surface area contributed by atoms with Gasteiger partial charge in [0, 0.05) is 19.1 Å². The topological polar surface area (TPSA) is 58.1 Å². The molecule has 110 valence electrons. The van der Waals surface area contributed by atoms with Gasteiger partial charge >= 0.3 is 0 Å². The molecule has 0 radical (unpaired) electrons. The Bertz CT molecular complexity index is 429. The Labute approximate surface area is 124 Å². The third-order valence-electron chi connectivity index (χ3n) is 3.62. The zero-order valence-corrected chi connectivity index (χ0v) is 12.6. The predicted molar refractivity (Wildman–Crippen MR) is 78.9 cm³/mol. The van der Waals surface area contributed by atoms with Crippen molar-refractivity contribution < 1.29 is 4.79 Å². The normalized spacial score (nSPS) is 17.1. The maximum absolute atomic E-state index is 12.0. The standard InChI is InChI=1S/C14H21ClN4O/c1-2-3-8-19-9-6-11(7-10-19)16-14(20)12-4-5-13(15)18-17-12/h4-5,11H,2-3,6-10H2,1H3,(H,16,20). The number of nitrogens with one attached hydrogen (secondary N) is 1. The van der Waals surface area contributed by atoms with E-state index in [1.165, 1.54) is 19.4 Å². The first kappa shape index (κ1) is 15.2. The largest absolute Gasteiger partial charge is 0.348 e. The Balaban J connectivity index is 1.77. The van der Waals surface area contributed by atoms with E-state index in [1.807, 2.05) is 0 Å². The van der Waals surface area contributed by atoms with Crippen molar-refractivity contribution in [3.05, 3.63) is 23.0 Å². The summed E-state index contributed by atoms with van der Waals surface area (Å²) >= 11 is 5.66. The molecule has 1 aliphatic heterocycles. The van der Waals surface area contributed by atoms with E-state index >= 15 is 0 Å². The fourth-order valence-corrected chi connectivity index (χ4v) is 2.48. The first-order chi connectivity index (χ1) is 9.69. The Kier molecular flexibility index (Phi) is 5.73. The lowest BCUT2D eigenvalue weighted by atomic mass is 10.0. The number of carbonyl (C=O) groups excluding carboxylic acids is 1. The number of nitrogens with zero attached hydrogens (tertiary/aromatic N) is 3. The lowest BCUT2D eigenvalue weighted by Crippen LogP contribution is -2.45. The fraction of sp³-hybridized carbons (Fsp3) is 0.643. The molecule has 1 fully saturated rings. The van der Waals surface area contributed by atoms with Crippen molar-refractivity contribution >= 4 is 17.5 Å². The smallest absolute Gasteiger partial charge is 0.272 e. The van der Waals surface area contributed by atoms with E-state index in [1.54, 1.807) is 12.1 Å². The molecular weight excluding hydrogens is 276 g/mol. The van der Waals surface area contributed by atoms with Crippen molar-refractivity contribution in [2.75, 3.05) is 19.6 Å². The highest BCUT2D eigenvalue weighted by Gasteiger charge is 2.21. The average molecular weight is 297 g/mol. The van der Waals surface area contributed by atoms with Crippen molar-refractivity contribution in [1.29, 1.82) is 0 Å². The van der Waals surface area contributed by atoms with Gasteiger partial charge in [0.05, 0.1) is 0 Å². The van der Waals surface area contributed by atoms with Gasteiger partial charge in [0.1, 0.15) is 0 Å². The summed E-state index contributed by atoms with van der Waals surface area (Å²) in [6.45, 7) is 5.48. The molecule has 1 N–H and O–H groups in total. The first-order valence-corrected chi connectivity index (χ1v) is 7.59. The summed E-state index contributed by atoms with van der Waals surface area (Å²) in [5.41, 5.74) is 0.322. The number of rotatable bonds is 5. The summed E-state index contributed by atoms with van der Waals surface area (Å²) in [6.07, 6.45) is 4.47. The number of unbranched alkanes of at least 4 members (excludes halogenated alkanes) is 1. The van der Waals surface area contributed by atoms with Crippen LogP contribution in [0.25, 0.3) is 0 Å². The molecule has 2 rings (SSSR count). The number of hydrogen-bond acceptors (Lipinski definition) is 4. The van der Waals surface area contributed by atoms with Gasteiger partial charge in [-0.05, 0) is 37.9 Å². The lowest BCUT2D eigenvalue weighted by molar-refractivity contribution is 0.0904. The van der Waals surface area contributed by atoms with Crippen LogP contribution >= 0.6 is 11.6 Å². The number of carbonyl (C=O) groups is 1. The van der Waals surface area contributed by atoms with Crippen molar-refractivity contribution in [3.8, 4) is 0 Å². The van der Waals surface area contributed by atoms with Crippen molar-refractivity contribution in [2.45, 2.75) is 38.6 Å². The monoisotopic (exact) mass is 296 g/mol. The number of piperidine rings is 1. The summed E-state index contributed by atoms with van der Waals surface area (Å²) in [5, 5.41) is 10.8. The lowest BCUT2D eigenvalue weighted by Gasteiger charge is -2.32. The minimum atomic E-state index is -0.166. The quantitative estimate of drug-likeness (QED) is 0.904. The molecule has 1 aromatic rings. The number of aromatic nitrogens is 2. The second-order valence-electron chi connectivity index (χ2n) is 5.18. The maximum atomic E-state index is 12.0. The van der Waals surface area contributed by atoms with Gasteiger partial charge in [-0.15, -0.1) is 10.2 Å². The summed E-state index contributed by atoms with van der Waals surface area (Å²) in [6, 6.07) is 3.41. The van der Waals surface area contributed by atoms with Crippen LogP contribution in [-0.2, 0) is 0 Å². The Hall–Kier alpha value is -1.20. The van der Waals surface area contributed by atoms with Gasteiger partial charge < -0.3 is 10.2 Å². The number of hydrogen-bond donors (Lipinski definition) is 1. The molecule has 1 aromatic heterocycles. The molecule has 5 nitrogen and oxygen atoms in total. The molecule has 0 saturated carbocycles. The SMILES string of the molecule is CCCCN1CCC(NC(=O)c2ccc(Cl)nn2)CC1. The summed E-state index contributed by atoms with van der Waals surface area (Å²) in [7, 11) is 0. The molecule has 1 amide bonds. The second-order valence-corrected chi connectivity index (χ2v) is 5.57. The van der Waals surface area contributed by atoms with E-state index in [9.17, 15) is 4.79 Å². The third kappa shape index (κ3) is 4.42. The molecule has 0 aromatic carbocycles. The van der Waals surface area contributed by atoms with E-state index < -0.39 is 0 Å². The molecule has 0 bridgehead atoms. The van der Waals surface area contributed by atoms with E-state index in [0.717, 1.165) is 25.9 Å². The average Bonchev–Trinajstić information content (AvgIpc) is 2.47. The molecular formula is C14H21ClN4O. The van der Waals surface area contributed by atoms with E-state index in [2.05, 4.69) is 27.3 Å². The molecule has 0 spiro atoms. The summed E-state index contributed by atoms with van der Waals surface area (Å²) in [5.74, 6) is -0.166. The van der Waals surface area contributed by atoms with Crippen LogP contribution in [0.2, 0.25) is 5.15 Å². The predicted octanol–water partition coefficient (Wildman–Crippen LogP) is 2.12. The zero-order valence-electron chi connectivity index (χ0n) is 11.8. The van der Waals surface area contributed by atoms with Crippen LogP contribution in [0.15, 0.2) is 12.1 Å². The van der Waals surface area contributed by atoms with Gasteiger partial charge in [0.25, 0.3) is 5.91 Å². The van der Waals surface area contributed by atoms with Crippen molar-refractivity contribution in [1.82, 2.24) is 20.4 Å². The maximum Gasteiger partial charge on any atom is 0.272 e. The van der Waals surface area contributed by atoms with E-state index in [4.69, 9.17) is 11.6 Å². The Morgan fingerprint density at radius 3 is 2.75 bits per heavy atom. The zero-order chi connectivity index (χ0) is 14.4. The van der Waals surface area contributed by atoms with Gasteiger partial charge in [-0.1, -0.05) is 24.9 Å². The summed E-state index contributed by atoms with van der Waals surface area (Å²) < 4.78 is 0. The molecule has 0 aliphatic carbocycles. The number of halogens is 1.